The van der Waals surface area contributed by atoms with Crippen molar-refractivity contribution in [3.63, 3.8) is 0 Å². The van der Waals surface area contributed by atoms with Crippen LogP contribution in [0, 0.1) is 59.2 Å². The molecule has 5 fully saturated rings. The van der Waals surface area contributed by atoms with Gasteiger partial charge in [0.15, 0.2) is 0 Å². The number of hydrogen-bond donors (Lipinski definition) is 0. The standard InChI is InChI=1S/C11H19B.C10H17B.C9H15B.Y/c1-3-11-6-4-5-9(8(11)2)10(12)7-11;1-3-10-5-4-8(7(10)2)9(11)6-10;1-4-9(3)6-8(10)5-7(9)2;/h8-10H,3-7H2,1-2H3;7-9H,3-6H2,1-2H3;5,7-8H,3-4,6H2,1-2H3;/q;;-2;/t8-,9?,10+,11?;7-,8+,9+,10?;7-,8-,9?;/m000./s1. The quantitative estimate of drug-likeness (QED) is 0.253. The maximum Gasteiger partial charge on any atom is 0.0703 e. The van der Waals surface area contributed by atoms with Crippen LogP contribution in [0.3, 0.4) is 0 Å². The molecule has 0 saturated heterocycles. The Kier molecular flexibility index (Phi) is 11.5. The van der Waals surface area contributed by atoms with Crippen LogP contribution < -0.4 is 0 Å². The second-order valence-electron chi connectivity index (χ2n) is 13.1. The average Bonchev–Trinajstić information content (AvgIpc) is 3.36. The summed E-state index contributed by atoms with van der Waals surface area (Å²) in [6.45, 7) is 18.1. The van der Waals surface area contributed by atoms with E-state index in [1.807, 2.05) is 0 Å². The van der Waals surface area contributed by atoms with Gasteiger partial charge in [-0.25, -0.2) is 5.82 Å². The summed E-state index contributed by atoms with van der Waals surface area (Å²) in [6, 6.07) is 0. The fraction of sp³-hybridized carbons (Fsp3) is 0.933. The number of rotatable bonds is 3. The molecule has 0 aliphatic heterocycles. The molecule has 4 bridgehead atoms. The molecule has 5 saturated carbocycles. The maximum atomic E-state index is 6.17. The van der Waals surface area contributed by atoms with Gasteiger partial charge in [-0.3, -0.25) is 0 Å². The van der Waals surface area contributed by atoms with E-state index in [2.05, 4.69) is 54.9 Å². The Labute approximate surface area is 243 Å². The van der Waals surface area contributed by atoms with Crippen LogP contribution in [0.25, 0.3) is 0 Å². The molecule has 5 aliphatic carbocycles. The zero-order valence-electron chi connectivity index (χ0n) is 23.5. The van der Waals surface area contributed by atoms with Gasteiger partial charge in [0, 0.05) is 40.6 Å². The van der Waals surface area contributed by atoms with E-state index < -0.39 is 0 Å². The predicted molar refractivity (Wildman–Crippen MR) is 148 cm³/mol. The Hall–Kier alpha value is 1.30. The van der Waals surface area contributed by atoms with E-state index >= 15 is 0 Å². The Balaban J connectivity index is 0.000000178. The fourth-order valence-electron chi connectivity index (χ4n) is 9.05. The summed E-state index contributed by atoms with van der Waals surface area (Å²) in [5.41, 5.74) is 1.53. The van der Waals surface area contributed by atoms with Crippen molar-refractivity contribution in [3.8, 4) is 0 Å². The normalized spacial score (nSPS) is 50.6. The van der Waals surface area contributed by atoms with Gasteiger partial charge in [0.05, 0.1) is 15.7 Å². The molecular formula is C30H51B3Y-2. The molecule has 0 aromatic carbocycles. The summed E-state index contributed by atoms with van der Waals surface area (Å²) in [5, 5.41) is 0. The Morgan fingerprint density at radius 3 is 1.62 bits per heavy atom. The second kappa shape index (κ2) is 12.4. The van der Waals surface area contributed by atoms with Gasteiger partial charge < -0.3 is 13.3 Å². The molecule has 5 aliphatic rings. The minimum atomic E-state index is 0. The van der Waals surface area contributed by atoms with Crippen molar-refractivity contribution < 1.29 is 32.7 Å². The molecular weight excluding hydrogens is 482 g/mol. The first-order valence-electron chi connectivity index (χ1n) is 14.4. The van der Waals surface area contributed by atoms with Crippen LogP contribution in [0.4, 0.5) is 0 Å². The van der Waals surface area contributed by atoms with E-state index in [1.54, 1.807) is 0 Å². The number of hydrogen-bond acceptors (Lipinski definition) is 0. The molecule has 0 aromatic rings. The summed E-state index contributed by atoms with van der Waals surface area (Å²) in [5.74, 6) is 5.42. The van der Waals surface area contributed by atoms with E-state index in [0.29, 0.717) is 28.4 Å². The van der Waals surface area contributed by atoms with Crippen LogP contribution in [0.2, 0.25) is 17.5 Å². The molecule has 11 atom stereocenters. The van der Waals surface area contributed by atoms with Gasteiger partial charge >= 0.3 is 0 Å². The molecule has 4 heteroatoms. The van der Waals surface area contributed by atoms with Crippen molar-refractivity contribution in [2.45, 2.75) is 130 Å². The van der Waals surface area contributed by atoms with Crippen LogP contribution in [-0.4, -0.2) is 23.5 Å². The zero-order valence-corrected chi connectivity index (χ0v) is 26.3. The second-order valence-corrected chi connectivity index (χ2v) is 13.1. The third kappa shape index (κ3) is 5.97. The van der Waals surface area contributed by atoms with Crippen molar-refractivity contribution in [2.24, 2.45) is 45.8 Å². The van der Waals surface area contributed by atoms with Gasteiger partial charge in [0.1, 0.15) is 0 Å². The average molecular weight is 533 g/mol. The molecule has 0 amide bonds. The Morgan fingerprint density at radius 2 is 1.26 bits per heavy atom. The van der Waals surface area contributed by atoms with E-state index in [-0.39, 0.29) is 43.9 Å². The first-order chi connectivity index (χ1) is 15.5. The minimum Gasteiger partial charge on any atom is -0.340 e. The molecule has 4 unspecified atom stereocenters. The molecule has 7 radical (unpaired) electrons. The van der Waals surface area contributed by atoms with Crippen molar-refractivity contribution in [1.82, 2.24) is 0 Å². The summed E-state index contributed by atoms with van der Waals surface area (Å²) in [4.78, 5) is 0. The largest absolute Gasteiger partial charge is 0.340 e. The smallest absolute Gasteiger partial charge is 0.0703 e. The van der Waals surface area contributed by atoms with Crippen molar-refractivity contribution in [2.75, 3.05) is 0 Å². The van der Waals surface area contributed by atoms with Gasteiger partial charge in [0.2, 0.25) is 0 Å². The van der Waals surface area contributed by atoms with Crippen LogP contribution in [0.1, 0.15) is 112 Å². The van der Waals surface area contributed by atoms with Crippen LogP contribution >= 0.6 is 0 Å². The SMILES string of the molecule is [B][C@@H]1CC2(CC)CCCC1[C@@H]2C.[B][C@@H]1CC2(CC)CC[C@@H]1[C@@H]2C.[B][C@H]1[CH-][C@H](C)C([CH2-])(CC)C1.[Y]. The summed E-state index contributed by atoms with van der Waals surface area (Å²) in [6.07, 6.45) is 16.8. The zero-order chi connectivity index (χ0) is 24.6. The molecule has 0 N–H and O–H groups in total. The third-order valence-corrected chi connectivity index (χ3v) is 12.0. The molecule has 0 spiro atoms. The van der Waals surface area contributed by atoms with Gasteiger partial charge in [0.25, 0.3) is 0 Å². The van der Waals surface area contributed by atoms with Gasteiger partial charge in [-0.05, 0) is 47.3 Å². The van der Waals surface area contributed by atoms with Crippen molar-refractivity contribution in [3.05, 3.63) is 13.3 Å². The molecule has 0 aromatic heterocycles. The monoisotopic (exact) mass is 533 g/mol. The molecule has 0 heterocycles. The van der Waals surface area contributed by atoms with Crippen LogP contribution in [0.15, 0.2) is 0 Å². The van der Waals surface area contributed by atoms with E-state index in [4.69, 9.17) is 23.5 Å². The maximum absolute atomic E-state index is 6.17. The third-order valence-electron chi connectivity index (χ3n) is 12.0. The summed E-state index contributed by atoms with van der Waals surface area (Å²) in [7, 11) is 18.0. The van der Waals surface area contributed by atoms with E-state index in [0.717, 1.165) is 36.5 Å². The minimum absolute atomic E-state index is 0. The van der Waals surface area contributed by atoms with Gasteiger partial charge in [-0.2, -0.15) is 11.3 Å². The topological polar surface area (TPSA) is 0 Å². The predicted octanol–water partition coefficient (Wildman–Crippen LogP) is 8.38. The van der Waals surface area contributed by atoms with E-state index in [9.17, 15) is 0 Å². The van der Waals surface area contributed by atoms with Crippen molar-refractivity contribution in [1.29, 1.82) is 0 Å². The summed E-state index contributed by atoms with van der Waals surface area (Å²) >= 11 is 0. The van der Waals surface area contributed by atoms with E-state index in [1.165, 1.54) is 57.8 Å². The first kappa shape index (κ1) is 31.5. The molecule has 5 rings (SSSR count). The molecule has 185 valence electrons. The van der Waals surface area contributed by atoms with Crippen molar-refractivity contribution >= 4 is 23.5 Å². The van der Waals surface area contributed by atoms with Crippen LogP contribution in [0.5, 0.6) is 0 Å². The Morgan fingerprint density at radius 1 is 0.765 bits per heavy atom. The first-order valence-corrected chi connectivity index (χ1v) is 14.4. The van der Waals surface area contributed by atoms with Crippen LogP contribution in [-0.2, 0) is 32.7 Å². The molecule has 34 heavy (non-hydrogen) atoms. The van der Waals surface area contributed by atoms with Gasteiger partial charge in [-0.15, -0.1) is 6.42 Å². The van der Waals surface area contributed by atoms with Gasteiger partial charge in [-0.1, -0.05) is 105 Å². The molecule has 0 nitrogen and oxygen atoms in total. The Bertz CT molecular complexity index is 643. The fourth-order valence-corrected chi connectivity index (χ4v) is 9.05. The summed E-state index contributed by atoms with van der Waals surface area (Å²) < 4.78 is 0. The number of fused-ring (bicyclic) bond motifs is 4.